The molecule has 0 radical (unpaired) electrons. The van der Waals surface area contributed by atoms with Crippen LogP contribution in [0.3, 0.4) is 0 Å². The summed E-state index contributed by atoms with van der Waals surface area (Å²) in [6.45, 7) is 3.98. The average molecular weight is 502 g/mol. The molecule has 1 aromatic carbocycles. The molecule has 0 unspecified atom stereocenters. The molecule has 4 atom stereocenters. The fourth-order valence-electron chi connectivity index (χ4n) is 3.37. The monoisotopic (exact) mass is 501 g/mol. The molecule has 0 saturated carbocycles. The molecule has 1 aliphatic heterocycles. The number of aliphatic hydroxyl groups is 3. The summed E-state index contributed by atoms with van der Waals surface area (Å²) in [6, 6.07) is 6.07. The van der Waals surface area contributed by atoms with Crippen LogP contribution in [-0.2, 0) is 11.3 Å². The van der Waals surface area contributed by atoms with Gasteiger partial charge in [0.1, 0.15) is 24.6 Å². The highest BCUT2D eigenvalue weighted by atomic mass is 35.7. The Balaban J connectivity index is 0.000000588. The van der Waals surface area contributed by atoms with E-state index in [2.05, 4.69) is 16.0 Å². The maximum absolute atomic E-state index is 10.2. The fraction of sp³-hybridized carbons (Fsp3) is 0.421. The second kappa shape index (κ2) is 10.3. The van der Waals surface area contributed by atoms with E-state index in [-0.39, 0.29) is 5.82 Å². The van der Waals surface area contributed by atoms with Gasteiger partial charge in [0.15, 0.2) is 12.8 Å². The van der Waals surface area contributed by atoms with E-state index in [1.165, 1.54) is 33.1 Å². The Morgan fingerprint density at radius 3 is 2.41 bits per heavy atom. The number of benzene rings is 1. The van der Waals surface area contributed by atoms with Gasteiger partial charge in [-0.3, -0.25) is 4.57 Å². The van der Waals surface area contributed by atoms with Crippen molar-refractivity contribution in [2.75, 3.05) is 12.3 Å². The molecular formula is C19H24ClN5O9. The zero-order chi connectivity index (χ0) is 25.2. The van der Waals surface area contributed by atoms with Crippen LogP contribution in [0.1, 0.15) is 22.9 Å². The topological polar surface area (TPSA) is 232 Å². The molecule has 4 rings (SSSR count). The lowest BCUT2D eigenvalue weighted by atomic mass is 10.1. The molecule has 2 aromatic heterocycles. The van der Waals surface area contributed by atoms with Gasteiger partial charge >= 0.3 is 0 Å². The molecule has 34 heavy (non-hydrogen) atoms. The quantitative estimate of drug-likeness (QED) is 0.239. The van der Waals surface area contributed by atoms with Crippen molar-refractivity contribution in [3.05, 3.63) is 47.5 Å². The van der Waals surface area contributed by atoms with Gasteiger partial charge in [0.2, 0.25) is 11.2 Å². The van der Waals surface area contributed by atoms with E-state index in [1.807, 2.05) is 26.0 Å². The number of aryl methyl sites for hydroxylation is 2. The van der Waals surface area contributed by atoms with E-state index in [9.17, 15) is 15.3 Å². The Bertz CT molecular complexity index is 1130. The van der Waals surface area contributed by atoms with Gasteiger partial charge in [-0.2, -0.15) is 0 Å². The summed E-state index contributed by atoms with van der Waals surface area (Å²) in [6.07, 6.45) is -1.44. The van der Waals surface area contributed by atoms with Crippen LogP contribution in [0.25, 0.3) is 11.2 Å². The van der Waals surface area contributed by atoms with Crippen molar-refractivity contribution in [2.45, 2.75) is 45.0 Å². The van der Waals surface area contributed by atoms with Gasteiger partial charge in [-0.05, 0) is 30.5 Å². The average Bonchev–Trinajstić information content (AvgIpc) is 3.30. The number of imidazole rings is 1. The van der Waals surface area contributed by atoms with Crippen LogP contribution >= 0.6 is 0 Å². The summed E-state index contributed by atoms with van der Waals surface area (Å²) in [5.41, 5.74) is 10.3. The molecule has 186 valence electrons. The van der Waals surface area contributed by atoms with E-state index in [1.54, 1.807) is 0 Å². The predicted octanol–water partition coefficient (Wildman–Crippen LogP) is -5.60. The first-order chi connectivity index (χ1) is 15.9. The van der Waals surface area contributed by atoms with Gasteiger partial charge in [-0.15, -0.1) is 10.2 Å². The zero-order valence-electron chi connectivity index (χ0n) is 18.1. The van der Waals surface area contributed by atoms with Crippen LogP contribution < -0.4 is 33.9 Å². The normalized spacial score (nSPS) is 22.5. The van der Waals surface area contributed by atoms with E-state index in [0.717, 1.165) is 5.56 Å². The van der Waals surface area contributed by atoms with Crippen LogP contribution in [-0.4, -0.2) is 54.8 Å². The minimum Gasteiger partial charge on any atom is -0.394 e. The van der Waals surface area contributed by atoms with Crippen molar-refractivity contribution in [3.8, 4) is 0 Å². The number of nitrogens with zero attached hydrogens (tertiary/aromatic N) is 4. The summed E-state index contributed by atoms with van der Waals surface area (Å²) in [7, 11) is -4.94. The van der Waals surface area contributed by atoms with Gasteiger partial charge in [-0.25, -0.2) is 23.6 Å². The minimum atomic E-state index is -4.94. The van der Waals surface area contributed by atoms with Gasteiger partial charge in [0.25, 0.3) is 12.1 Å². The number of rotatable bonds is 5. The molecule has 0 amide bonds. The van der Waals surface area contributed by atoms with Gasteiger partial charge < -0.3 is 30.6 Å². The van der Waals surface area contributed by atoms with Gasteiger partial charge in [0, 0.05) is 0 Å². The first-order valence-electron chi connectivity index (χ1n) is 9.87. The smallest absolute Gasteiger partial charge is 0.289 e. The van der Waals surface area contributed by atoms with Crippen molar-refractivity contribution in [3.63, 3.8) is 0 Å². The largest absolute Gasteiger partial charge is 0.394 e. The first-order valence-corrected chi connectivity index (χ1v) is 11.1. The predicted molar refractivity (Wildman–Crippen MR) is 101 cm³/mol. The molecular weight excluding hydrogens is 478 g/mol. The number of anilines is 1. The molecule has 14 nitrogen and oxygen atoms in total. The van der Waals surface area contributed by atoms with Crippen LogP contribution in [0.15, 0.2) is 30.9 Å². The standard InChI is InChI=1S/C19H23N5O5.ClHO4/c1-10-3-4-12(5-11(10)2)7-28-24-9-22-18-14(17(24)20)21-8-23(18)19-16(27)15(26)13(6-25)29-19;2-1(3,4)5/h3-5,8-9,13,15-16,19-20,25-27H,6-7H2,1-2H3;(H,2,3,4,5)/t13-,15-,16-,19-;/m1./s1. The maximum atomic E-state index is 10.2. The molecule has 0 bridgehead atoms. The molecule has 1 aliphatic rings. The Kier molecular flexibility index (Phi) is 7.87. The van der Waals surface area contributed by atoms with Crippen LogP contribution in [0.4, 0.5) is 5.82 Å². The highest BCUT2D eigenvalue weighted by Gasteiger charge is 2.44. The Hall–Kier alpha value is -2.66. The number of nitrogens with two attached hydrogens (primary N) is 1. The SMILES string of the molecule is Cc1ccc(CO[n+]2cnc3c(ncn3[C@@H]3O[C@H](CO)[C@@H](O)[C@H]3O)c2N)cc1C.[O-][Cl+3]([O-])([O-])[O-]. The second-order valence-corrected chi connectivity index (χ2v) is 8.33. The first kappa shape index (κ1) is 26.0. The lowest BCUT2D eigenvalue weighted by Crippen LogP contribution is -2.68. The highest BCUT2D eigenvalue weighted by molar-refractivity contribution is 5.79. The number of halogens is 1. The van der Waals surface area contributed by atoms with Crippen molar-refractivity contribution < 1.29 is 58.5 Å². The van der Waals surface area contributed by atoms with Gasteiger partial charge in [-0.1, -0.05) is 27.9 Å². The maximum Gasteiger partial charge on any atom is 0.289 e. The summed E-state index contributed by atoms with van der Waals surface area (Å²) in [5, 5.41) is 29.5. The molecule has 0 aliphatic carbocycles. The number of hydrogen-bond acceptors (Lipinski definition) is 12. The van der Waals surface area contributed by atoms with Crippen molar-refractivity contribution in [1.29, 1.82) is 0 Å². The van der Waals surface area contributed by atoms with Crippen molar-refractivity contribution in [2.24, 2.45) is 0 Å². The minimum absolute atomic E-state index is 0.240. The number of ether oxygens (including phenoxy) is 1. The highest BCUT2D eigenvalue weighted by Crippen LogP contribution is 2.31. The summed E-state index contributed by atoms with van der Waals surface area (Å²) >= 11 is 0. The van der Waals surface area contributed by atoms with Crippen molar-refractivity contribution >= 4 is 17.0 Å². The number of aromatic nitrogens is 4. The third kappa shape index (κ3) is 5.87. The lowest BCUT2D eigenvalue weighted by molar-refractivity contribution is -2.00. The molecule has 5 N–H and O–H groups in total. The third-order valence-electron chi connectivity index (χ3n) is 5.27. The Labute approximate surface area is 195 Å². The van der Waals surface area contributed by atoms with E-state index in [0.29, 0.717) is 17.8 Å². The lowest BCUT2D eigenvalue weighted by Gasteiger charge is -2.17. The van der Waals surface area contributed by atoms with Crippen LogP contribution in [0, 0.1) is 24.1 Å². The number of hydrogen-bond donors (Lipinski definition) is 4. The molecule has 3 aromatic rings. The van der Waals surface area contributed by atoms with E-state index >= 15 is 0 Å². The van der Waals surface area contributed by atoms with E-state index < -0.39 is 41.4 Å². The number of fused-ring (bicyclic) bond motifs is 1. The molecule has 1 fully saturated rings. The molecule has 1 saturated heterocycles. The van der Waals surface area contributed by atoms with Crippen LogP contribution in [0.5, 0.6) is 0 Å². The summed E-state index contributed by atoms with van der Waals surface area (Å²) in [5.74, 6) is 0.240. The second-order valence-electron chi connectivity index (χ2n) is 7.58. The summed E-state index contributed by atoms with van der Waals surface area (Å²) in [4.78, 5) is 14.3. The molecule has 15 heteroatoms. The van der Waals surface area contributed by atoms with Gasteiger partial charge in [0.05, 0.1) is 6.61 Å². The van der Waals surface area contributed by atoms with E-state index in [4.69, 9.17) is 33.9 Å². The number of nitrogen functional groups attached to an aromatic ring is 1. The molecule has 3 heterocycles. The third-order valence-corrected chi connectivity index (χ3v) is 5.27. The Morgan fingerprint density at radius 2 is 1.82 bits per heavy atom. The fourth-order valence-corrected chi connectivity index (χ4v) is 3.37. The van der Waals surface area contributed by atoms with Crippen molar-refractivity contribution in [1.82, 2.24) is 14.5 Å². The molecule has 0 spiro atoms. The van der Waals surface area contributed by atoms with Crippen LogP contribution in [0.2, 0.25) is 0 Å². The summed E-state index contributed by atoms with van der Waals surface area (Å²) < 4.78 is 42.3. The zero-order valence-corrected chi connectivity index (χ0v) is 18.9. The number of aliphatic hydroxyl groups excluding tert-OH is 3. The Morgan fingerprint density at radius 1 is 1.15 bits per heavy atom.